The van der Waals surface area contributed by atoms with Gasteiger partial charge in [0.15, 0.2) is 0 Å². The van der Waals surface area contributed by atoms with E-state index in [4.69, 9.17) is 22.1 Å². The molecule has 3 N–H and O–H groups in total. The monoisotopic (exact) mass is 424 g/mol. The quantitative estimate of drug-likeness (QED) is 0.547. The zero-order chi connectivity index (χ0) is 20.4. The van der Waals surface area contributed by atoms with Crippen LogP contribution in [0.2, 0.25) is 5.02 Å². The number of hydrogen-bond donors (Lipinski definition) is 2. The van der Waals surface area contributed by atoms with Crippen molar-refractivity contribution in [3.8, 4) is 0 Å². The molecule has 1 aromatic heterocycles. The number of esters is 1. The van der Waals surface area contributed by atoms with Crippen LogP contribution in [0.5, 0.6) is 0 Å². The number of ketones is 1. The summed E-state index contributed by atoms with van der Waals surface area (Å²) in [7, 11) is 0. The molecule has 0 saturated heterocycles. The summed E-state index contributed by atoms with van der Waals surface area (Å²) >= 11 is 7.17. The van der Waals surface area contributed by atoms with Gasteiger partial charge in [-0.1, -0.05) is 17.7 Å². The minimum absolute atomic E-state index is 0.0269. The van der Waals surface area contributed by atoms with Gasteiger partial charge in [-0.3, -0.25) is 14.4 Å². The smallest absolute Gasteiger partial charge is 0.314 e. The number of nitrogens with one attached hydrogen (secondary N) is 1. The molecule has 0 fully saturated rings. The summed E-state index contributed by atoms with van der Waals surface area (Å²) in [6, 6.07) is 3.97. The van der Waals surface area contributed by atoms with E-state index >= 15 is 0 Å². The van der Waals surface area contributed by atoms with Crippen LogP contribution in [0.1, 0.15) is 45.6 Å². The molecule has 28 heavy (non-hydrogen) atoms. The summed E-state index contributed by atoms with van der Waals surface area (Å²) in [5, 5.41) is 2.79. The topological polar surface area (TPSA) is 98.5 Å². The largest absolute Gasteiger partial charge is 0.465 e. The van der Waals surface area contributed by atoms with Crippen molar-refractivity contribution in [3.05, 3.63) is 50.6 Å². The van der Waals surface area contributed by atoms with E-state index in [2.05, 4.69) is 5.32 Å². The second-order valence-corrected chi connectivity index (χ2v) is 7.63. The van der Waals surface area contributed by atoms with Crippen LogP contribution in [-0.4, -0.2) is 30.8 Å². The standard InChI is InChI=1S/C19H18ClFN2O4S/c1-2-27-19(26)10-7-6-9-14(18(28-17(9)10)23-13(24)8-22)16(25)15-11(20)4-3-5-12(15)21/h3-5,10H,2,6-8,22H2,1H3,(H,23,24). The van der Waals surface area contributed by atoms with E-state index in [-0.39, 0.29) is 40.3 Å². The Labute approximate surface area is 169 Å². The Morgan fingerprint density at radius 3 is 2.75 bits per heavy atom. The summed E-state index contributed by atoms with van der Waals surface area (Å²) in [6.45, 7) is 1.67. The van der Waals surface area contributed by atoms with Crippen molar-refractivity contribution in [2.75, 3.05) is 18.5 Å². The maximum absolute atomic E-state index is 14.3. The molecule has 0 saturated carbocycles. The number of amides is 1. The average Bonchev–Trinajstić information content (AvgIpc) is 3.20. The summed E-state index contributed by atoms with van der Waals surface area (Å²) < 4.78 is 19.4. The molecule has 0 radical (unpaired) electrons. The van der Waals surface area contributed by atoms with E-state index in [1.54, 1.807) is 6.92 Å². The molecule has 1 unspecified atom stereocenters. The van der Waals surface area contributed by atoms with Crippen molar-refractivity contribution in [1.29, 1.82) is 0 Å². The van der Waals surface area contributed by atoms with Crippen molar-refractivity contribution in [3.63, 3.8) is 0 Å². The first-order valence-corrected chi connectivity index (χ1v) is 9.89. The highest BCUT2D eigenvalue weighted by molar-refractivity contribution is 7.17. The van der Waals surface area contributed by atoms with Gasteiger partial charge in [0.25, 0.3) is 0 Å². The lowest BCUT2D eigenvalue weighted by Crippen LogP contribution is -2.22. The predicted octanol–water partition coefficient (Wildman–Crippen LogP) is 3.26. The van der Waals surface area contributed by atoms with Crippen molar-refractivity contribution >= 4 is 45.6 Å². The summed E-state index contributed by atoms with van der Waals surface area (Å²) in [6.07, 6.45) is 0.914. The fourth-order valence-electron chi connectivity index (χ4n) is 3.25. The minimum Gasteiger partial charge on any atom is -0.465 e. The summed E-state index contributed by atoms with van der Waals surface area (Å²) in [4.78, 5) is 37.9. The van der Waals surface area contributed by atoms with Crippen molar-refractivity contribution in [2.24, 2.45) is 5.73 Å². The van der Waals surface area contributed by atoms with Gasteiger partial charge in [-0.2, -0.15) is 0 Å². The molecule has 0 bridgehead atoms. The highest BCUT2D eigenvalue weighted by Crippen LogP contribution is 2.46. The zero-order valence-electron chi connectivity index (χ0n) is 15.0. The molecule has 0 spiro atoms. The van der Waals surface area contributed by atoms with Gasteiger partial charge in [0.05, 0.1) is 35.2 Å². The van der Waals surface area contributed by atoms with E-state index in [0.29, 0.717) is 23.3 Å². The lowest BCUT2D eigenvalue weighted by Gasteiger charge is -2.09. The van der Waals surface area contributed by atoms with Gasteiger partial charge >= 0.3 is 5.97 Å². The lowest BCUT2D eigenvalue weighted by molar-refractivity contribution is -0.144. The number of halogens is 2. The molecule has 1 aromatic carbocycles. The first kappa shape index (κ1) is 20.4. The molecule has 9 heteroatoms. The van der Waals surface area contributed by atoms with Crippen LogP contribution >= 0.6 is 22.9 Å². The molecular formula is C19H18ClFN2O4S. The van der Waals surface area contributed by atoms with Crippen LogP contribution in [0.4, 0.5) is 9.39 Å². The first-order chi connectivity index (χ1) is 13.4. The van der Waals surface area contributed by atoms with Crippen molar-refractivity contribution in [1.82, 2.24) is 0 Å². The Bertz CT molecular complexity index is 939. The number of ether oxygens (including phenoxy) is 1. The van der Waals surface area contributed by atoms with Crippen LogP contribution in [0.15, 0.2) is 18.2 Å². The van der Waals surface area contributed by atoms with Crippen LogP contribution in [0, 0.1) is 5.82 Å². The van der Waals surface area contributed by atoms with E-state index in [1.165, 1.54) is 12.1 Å². The Morgan fingerprint density at radius 2 is 2.11 bits per heavy atom. The maximum atomic E-state index is 14.3. The van der Waals surface area contributed by atoms with Gasteiger partial charge in [-0.05, 0) is 37.5 Å². The predicted molar refractivity (Wildman–Crippen MR) is 105 cm³/mol. The molecule has 1 atom stereocenters. The van der Waals surface area contributed by atoms with Crippen LogP contribution < -0.4 is 11.1 Å². The Hall–Kier alpha value is -2.29. The molecule has 2 aromatic rings. The molecule has 6 nitrogen and oxygen atoms in total. The van der Waals surface area contributed by atoms with Gasteiger partial charge < -0.3 is 15.8 Å². The third-order valence-electron chi connectivity index (χ3n) is 4.46. The third kappa shape index (κ3) is 3.67. The van der Waals surface area contributed by atoms with Gasteiger partial charge in [-0.15, -0.1) is 11.3 Å². The van der Waals surface area contributed by atoms with Crippen molar-refractivity contribution in [2.45, 2.75) is 25.7 Å². The second kappa shape index (κ2) is 8.38. The molecule has 1 heterocycles. The lowest BCUT2D eigenvalue weighted by atomic mass is 9.99. The minimum atomic E-state index is -0.756. The SMILES string of the molecule is CCOC(=O)C1CCc2c1sc(NC(=O)CN)c2C(=O)c1c(F)cccc1Cl. The fraction of sp³-hybridized carbons (Fsp3) is 0.316. The number of fused-ring (bicyclic) bond motifs is 1. The fourth-order valence-corrected chi connectivity index (χ4v) is 4.88. The Morgan fingerprint density at radius 1 is 1.36 bits per heavy atom. The van der Waals surface area contributed by atoms with Gasteiger partial charge in [0.2, 0.25) is 11.7 Å². The number of carbonyl (C=O) groups excluding carboxylic acids is 3. The van der Waals surface area contributed by atoms with E-state index in [0.717, 1.165) is 17.4 Å². The summed E-state index contributed by atoms with van der Waals surface area (Å²) in [5.74, 6) is -2.81. The number of carbonyl (C=O) groups is 3. The van der Waals surface area contributed by atoms with Crippen LogP contribution in [-0.2, 0) is 20.7 Å². The third-order valence-corrected chi connectivity index (χ3v) is 6.04. The van der Waals surface area contributed by atoms with E-state index in [9.17, 15) is 18.8 Å². The average molecular weight is 425 g/mol. The van der Waals surface area contributed by atoms with Gasteiger partial charge in [0, 0.05) is 4.88 Å². The normalized spacial score (nSPS) is 15.2. The highest BCUT2D eigenvalue weighted by atomic mass is 35.5. The van der Waals surface area contributed by atoms with Gasteiger partial charge in [-0.25, -0.2) is 4.39 Å². The maximum Gasteiger partial charge on any atom is 0.314 e. The van der Waals surface area contributed by atoms with Gasteiger partial charge in [0.1, 0.15) is 10.8 Å². The molecule has 3 rings (SSSR count). The second-order valence-electron chi connectivity index (χ2n) is 6.17. The molecule has 148 valence electrons. The Balaban J connectivity index is 2.12. The molecule has 1 amide bonds. The molecular weight excluding hydrogens is 407 g/mol. The molecule has 1 aliphatic rings. The van der Waals surface area contributed by atoms with E-state index < -0.39 is 23.4 Å². The highest BCUT2D eigenvalue weighted by Gasteiger charge is 2.38. The number of rotatable bonds is 6. The number of thiophene rings is 1. The molecule has 0 aliphatic heterocycles. The Kier molecular flexibility index (Phi) is 6.12. The van der Waals surface area contributed by atoms with Crippen LogP contribution in [0.25, 0.3) is 0 Å². The summed E-state index contributed by atoms with van der Waals surface area (Å²) in [5.41, 5.74) is 5.86. The number of anilines is 1. The number of benzene rings is 1. The number of nitrogens with two attached hydrogens (primary N) is 1. The van der Waals surface area contributed by atoms with E-state index in [1.807, 2.05) is 0 Å². The molecule has 1 aliphatic carbocycles. The van der Waals surface area contributed by atoms with Crippen molar-refractivity contribution < 1.29 is 23.5 Å². The first-order valence-electron chi connectivity index (χ1n) is 8.69. The number of hydrogen-bond acceptors (Lipinski definition) is 6. The van der Waals surface area contributed by atoms with Crippen LogP contribution in [0.3, 0.4) is 0 Å². The zero-order valence-corrected chi connectivity index (χ0v) is 16.6.